The topological polar surface area (TPSA) is 69.3 Å². The van der Waals surface area contributed by atoms with E-state index in [0.717, 1.165) is 27.0 Å². The Balaban J connectivity index is 1.46. The number of aromatic nitrogens is 2. The summed E-state index contributed by atoms with van der Waals surface area (Å²) in [6, 6.07) is 15.3. The first-order valence-corrected chi connectivity index (χ1v) is 9.55. The SMILES string of the molecule is CN(Cc1nc2ccccc2[nH]1)C(=O)[C@H]1CC(=O)N(c2ccccc2Br)C1. The predicted molar refractivity (Wildman–Crippen MR) is 107 cm³/mol. The van der Waals surface area contributed by atoms with E-state index in [-0.39, 0.29) is 24.2 Å². The van der Waals surface area contributed by atoms with Crippen molar-refractivity contribution in [2.24, 2.45) is 5.92 Å². The Morgan fingerprint density at radius 3 is 2.78 bits per heavy atom. The van der Waals surface area contributed by atoms with Gasteiger partial charge in [-0.2, -0.15) is 0 Å². The van der Waals surface area contributed by atoms with E-state index in [1.54, 1.807) is 16.8 Å². The number of aromatic amines is 1. The van der Waals surface area contributed by atoms with Gasteiger partial charge in [0.15, 0.2) is 0 Å². The van der Waals surface area contributed by atoms with Crippen molar-refractivity contribution in [3.8, 4) is 0 Å². The summed E-state index contributed by atoms with van der Waals surface area (Å²) < 4.78 is 0.849. The Bertz CT molecular complexity index is 983. The number of carbonyl (C=O) groups is 2. The summed E-state index contributed by atoms with van der Waals surface area (Å²) in [5.74, 6) is 0.314. The van der Waals surface area contributed by atoms with Crippen LogP contribution in [0.4, 0.5) is 5.69 Å². The third-order valence-electron chi connectivity index (χ3n) is 4.82. The minimum absolute atomic E-state index is 0.0302. The van der Waals surface area contributed by atoms with Gasteiger partial charge in [-0.15, -0.1) is 0 Å². The van der Waals surface area contributed by atoms with Crippen molar-refractivity contribution >= 4 is 44.5 Å². The van der Waals surface area contributed by atoms with E-state index in [1.165, 1.54) is 0 Å². The first-order chi connectivity index (χ1) is 13.0. The maximum atomic E-state index is 12.9. The van der Waals surface area contributed by atoms with E-state index in [2.05, 4.69) is 25.9 Å². The Morgan fingerprint density at radius 1 is 1.26 bits per heavy atom. The molecule has 2 amide bonds. The number of benzene rings is 2. The van der Waals surface area contributed by atoms with Gasteiger partial charge in [0.1, 0.15) is 5.82 Å². The number of nitrogens with one attached hydrogen (secondary N) is 1. The molecule has 7 heteroatoms. The fourth-order valence-electron chi connectivity index (χ4n) is 3.47. The molecule has 2 aromatic carbocycles. The van der Waals surface area contributed by atoms with Crippen LogP contribution in [0.2, 0.25) is 0 Å². The molecule has 2 heterocycles. The monoisotopic (exact) mass is 426 g/mol. The molecule has 1 aliphatic heterocycles. The van der Waals surface area contributed by atoms with E-state index in [9.17, 15) is 9.59 Å². The van der Waals surface area contributed by atoms with Crippen LogP contribution in [0.3, 0.4) is 0 Å². The van der Waals surface area contributed by atoms with Crippen molar-refractivity contribution in [1.29, 1.82) is 0 Å². The standard InChI is InChI=1S/C20H19BrN4O2/c1-24(12-18-22-15-7-3-4-8-16(15)23-18)20(27)13-10-19(26)25(11-13)17-9-5-2-6-14(17)21/h2-9,13H,10-12H2,1H3,(H,22,23)/t13-/m0/s1. The predicted octanol–water partition coefficient (Wildman–Crippen LogP) is 3.34. The summed E-state index contributed by atoms with van der Waals surface area (Å²) in [7, 11) is 1.75. The number of H-pyrrole nitrogens is 1. The van der Waals surface area contributed by atoms with Crippen molar-refractivity contribution in [2.45, 2.75) is 13.0 Å². The summed E-state index contributed by atoms with van der Waals surface area (Å²) in [4.78, 5) is 36.4. The Hall–Kier alpha value is -2.67. The second-order valence-electron chi connectivity index (χ2n) is 6.75. The summed E-state index contributed by atoms with van der Waals surface area (Å²) >= 11 is 3.48. The molecule has 1 saturated heterocycles. The smallest absolute Gasteiger partial charge is 0.228 e. The highest BCUT2D eigenvalue weighted by Crippen LogP contribution is 2.31. The number of imidazole rings is 1. The van der Waals surface area contributed by atoms with Crippen LogP contribution in [-0.2, 0) is 16.1 Å². The van der Waals surface area contributed by atoms with E-state index in [4.69, 9.17) is 0 Å². The molecule has 1 fully saturated rings. The van der Waals surface area contributed by atoms with Gasteiger partial charge in [0, 0.05) is 24.5 Å². The van der Waals surface area contributed by atoms with Crippen LogP contribution in [0.5, 0.6) is 0 Å². The number of hydrogen-bond acceptors (Lipinski definition) is 3. The Kier molecular flexibility index (Phi) is 4.70. The number of carbonyl (C=O) groups excluding carboxylic acids is 2. The third-order valence-corrected chi connectivity index (χ3v) is 5.49. The summed E-state index contributed by atoms with van der Waals surface area (Å²) in [6.45, 7) is 0.776. The van der Waals surface area contributed by atoms with E-state index in [1.807, 2.05) is 48.5 Å². The number of nitrogens with zero attached hydrogens (tertiary/aromatic N) is 3. The lowest BCUT2D eigenvalue weighted by molar-refractivity contribution is -0.135. The normalized spacial score (nSPS) is 16.9. The third kappa shape index (κ3) is 3.47. The van der Waals surface area contributed by atoms with Crippen LogP contribution in [0.25, 0.3) is 11.0 Å². The molecule has 138 valence electrons. The molecule has 6 nitrogen and oxygen atoms in total. The van der Waals surface area contributed by atoms with Crippen LogP contribution >= 0.6 is 15.9 Å². The first kappa shape index (κ1) is 17.7. The zero-order valence-corrected chi connectivity index (χ0v) is 16.4. The zero-order valence-electron chi connectivity index (χ0n) is 14.9. The van der Waals surface area contributed by atoms with Gasteiger partial charge in [0.2, 0.25) is 11.8 Å². The molecule has 0 radical (unpaired) electrons. The van der Waals surface area contributed by atoms with Gasteiger partial charge >= 0.3 is 0 Å². The molecule has 3 aromatic rings. The van der Waals surface area contributed by atoms with Gasteiger partial charge in [0.05, 0.1) is 29.2 Å². The van der Waals surface area contributed by atoms with Gasteiger partial charge in [0.25, 0.3) is 0 Å². The minimum atomic E-state index is -0.348. The molecule has 1 aromatic heterocycles. The highest BCUT2D eigenvalue weighted by atomic mass is 79.9. The minimum Gasteiger partial charge on any atom is -0.340 e. The Morgan fingerprint density at radius 2 is 2.00 bits per heavy atom. The lowest BCUT2D eigenvalue weighted by atomic mass is 10.1. The number of amides is 2. The van der Waals surface area contributed by atoms with E-state index >= 15 is 0 Å². The van der Waals surface area contributed by atoms with Crippen molar-refractivity contribution in [1.82, 2.24) is 14.9 Å². The zero-order chi connectivity index (χ0) is 19.0. The molecule has 27 heavy (non-hydrogen) atoms. The van der Waals surface area contributed by atoms with E-state index in [0.29, 0.717) is 13.1 Å². The number of fused-ring (bicyclic) bond motifs is 1. The summed E-state index contributed by atoms with van der Waals surface area (Å²) in [5.41, 5.74) is 2.63. The van der Waals surface area contributed by atoms with Crippen molar-refractivity contribution in [2.75, 3.05) is 18.5 Å². The number of halogens is 1. The molecule has 0 saturated carbocycles. The number of rotatable bonds is 4. The summed E-state index contributed by atoms with van der Waals surface area (Å²) in [6.07, 6.45) is 0.227. The molecule has 1 aliphatic rings. The molecule has 0 aliphatic carbocycles. The molecular weight excluding hydrogens is 408 g/mol. The van der Waals surface area contributed by atoms with Crippen LogP contribution < -0.4 is 4.90 Å². The number of para-hydroxylation sites is 3. The van der Waals surface area contributed by atoms with Crippen LogP contribution in [0.1, 0.15) is 12.2 Å². The number of anilines is 1. The first-order valence-electron chi connectivity index (χ1n) is 8.76. The maximum Gasteiger partial charge on any atom is 0.228 e. The van der Waals surface area contributed by atoms with Gasteiger partial charge < -0.3 is 14.8 Å². The highest BCUT2D eigenvalue weighted by molar-refractivity contribution is 9.10. The molecule has 4 rings (SSSR count). The fraction of sp³-hybridized carbons (Fsp3) is 0.250. The molecule has 0 unspecified atom stereocenters. The van der Waals surface area contributed by atoms with Crippen LogP contribution in [-0.4, -0.2) is 40.3 Å². The second-order valence-corrected chi connectivity index (χ2v) is 7.61. The average Bonchev–Trinajstić information content (AvgIpc) is 3.24. The highest BCUT2D eigenvalue weighted by Gasteiger charge is 2.37. The maximum absolute atomic E-state index is 12.9. The van der Waals surface area contributed by atoms with Gasteiger partial charge in [-0.1, -0.05) is 24.3 Å². The van der Waals surface area contributed by atoms with Gasteiger partial charge in [-0.05, 0) is 40.2 Å². The lowest BCUT2D eigenvalue weighted by Gasteiger charge is -2.21. The number of hydrogen-bond donors (Lipinski definition) is 1. The lowest BCUT2D eigenvalue weighted by Crippen LogP contribution is -2.34. The van der Waals surface area contributed by atoms with Gasteiger partial charge in [-0.25, -0.2) is 4.98 Å². The average molecular weight is 427 g/mol. The molecule has 0 bridgehead atoms. The largest absolute Gasteiger partial charge is 0.340 e. The molecular formula is C20H19BrN4O2. The van der Waals surface area contributed by atoms with Crippen molar-refractivity contribution in [3.63, 3.8) is 0 Å². The fourth-order valence-corrected chi connectivity index (χ4v) is 3.97. The quantitative estimate of drug-likeness (QED) is 0.695. The Labute approximate surface area is 165 Å². The van der Waals surface area contributed by atoms with Crippen molar-refractivity contribution < 1.29 is 9.59 Å². The molecule has 1 N–H and O–H groups in total. The molecule has 1 atom stereocenters. The van der Waals surface area contributed by atoms with Crippen LogP contribution in [0.15, 0.2) is 53.0 Å². The molecule has 0 spiro atoms. The van der Waals surface area contributed by atoms with E-state index < -0.39 is 0 Å². The van der Waals surface area contributed by atoms with Crippen LogP contribution in [0, 0.1) is 5.92 Å². The van der Waals surface area contributed by atoms with Gasteiger partial charge in [-0.3, -0.25) is 9.59 Å². The second kappa shape index (κ2) is 7.15. The van der Waals surface area contributed by atoms with Crippen molar-refractivity contribution in [3.05, 3.63) is 58.8 Å². The summed E-state index contributed by atoms with van der Waals surface area (Å²) in [5, 5.41) is 0.